The molecule has 6 nitrogen and oxygen atoms in total. The lowest BCUT2D eigenvalue weighted by molar-refractivity contribution is -0.161. The molecule has 26 heavy (non-hydrogen) atoms. The standard InChI is InChI=1S/C17H30O6S3/c1-4-17(11-21-14(18)5-8-24,12-22-15(19)6-9-25-2)13-23-16(20)7-10-26-3/h24H,4-13H2,1-3H3. The zero-order chi connectivity index (χ0) is 19.8. The maximum Gasteiger partial charge on any atom is 0.306 e. The van der Waals surface area contributed by atoms with E-state index < -0.39 is 5.41 Å². The Kier molecular flexibility index (Phi) is 15.2. The van der Waals surface area contributed by atoms with Crippen molar-refractivity contribution in [3.8, 4) is 0 Å². The number of esters is 3. The molecule has 0 unspecified atom stereocenters. The molecule has 0 aromatic rings. The van der Waals surface area contributed by atoms with E-state index in [0.29, 0.717) is 36.5 Å². The first-order valence-corrected chi connectivity index (χ1v) is 11.9. The van der Waals surface area contributed by atoms with Crippen LogP contribution in [0.2, 0.25) is 0 Å². The number of carbonyl (C=O) groups is 3. The second-order valence-electron chi connectivity index (χ2n) is 5.79. The summed E-state index contributed by atoms with van der Waals surface area (Å²) in [5, 5.41) is 0. The molecule has 0 aromatic carbocycles. The third-order valence-corrected chi connectivity index (χ3v) is 5.15. The Morgan fingerprint density at radius 3 is 1.50 bits per heavy atom. The minimum atomic E-state index is -0.740. The molecule has 0 aromatic heterocycles. The van der Waals surface area contributed by atoms with Gasteiger partial charge in [0.25, 0.3) is 0 Å². The number of rotatable bonds is 15. The summed E-state index contributed by atoms with van der Waals surface area (Å²) in [6.07, 6.45) is 5.19. The van der Waals surface area contributed by atoms with Crippen molar-refractivity contribution in [2.75, 3.05) is 49.6 Å². The second-order valence-corrected chi connectivity index (χ2v) is 8.21. The van der Waals surface area contributed by atoms with Crippen LogP contribution in [0.15, 0.2) is 0 Å². The third-order valence-electron chi connectivity index (χ3n) is 3.70. The van der Waals surface area contributed by atoms with E-state index in [1.165, 1.54) is 0 Å². The summed E-state index contributed by atoms with van der Waals surface area (Å²) in [5.41, 5.74) is -0.740. The van der Waals surface area contributed by atoms with Crippen molar-refractivity contribution in [2.45, 2.75) is 32.6 Å². The van der Waals surface area contributed by atoms with E-state index in [9.17, 15) is 14.4 Å². The highest BCUT2D eigenvalue weighted by molar-refractivity contribution is 7.98. The Morgan fingerprint density at radius 2 is 1.19 bits per heavy atom. The van der Waals surface area contributed by atoms with Gasteiger partial charge in [0, 0.05) is 17.3 Å². The summed E-state index contributed by atoms with van der Waals surface area (Å²) in [7, 11) is 0. The Morgan fingerprint density at radius 1 is 0.808 bits per heavy atom. The largest absolute Gasteiger partial charge is 0.465 e. The van der Waals surface area contributed by atoms with Crippen molar-refractivity contribution in [2.24, 2.45) is 5.41 Å². The van der Waals surface area contributed by atoms with E-state index in [2.05, 4.69) is 12.6 Å². The van der Waals surface area contributed by atoms with Crippen molar-refractivity contribution in [3.63, 3.8) is 0 Å². The van der Waals surface area contributed by atoms with Crippen molar-refractivity contribution in [3.05, 3.63) is 0 Å². The van der Waals surface area contributed by atoms with E-state index in [4.69, 9.17) is 14.2 Å². The van der Waals surface area contributed by atoms with Crippen molar-refractivity contribution < 1.29 is 28.6 Å². The smallest absolute Gasteiger partial charge is 0.306 e. The van der Waals surface area contributed by atoms with Gasteiger partial charge in [0.15, 0.2) is 0 Å². The number of thiol groups is 1. The van der Waals surface area contributed by atoms with Gasteiger partial charge in [0.2, 0.25) is 0 Å². The van der Waals surface area contributed by atoms with E-state index in [0.717, 1.165) is 0 Å². The van der Waals surface area contributed by atoms with Gasteiger partial charge in [-0.2, -0.15) is 36.2 Å². The van der Waals surface area contributed by atoms with E-state index >= 15 is 0 Å². The molecule has 0 heterocycles. The molecule has 0 atom stereocenters. The number of thioether (sulfide) groups is 2. The van der Waals surface area contributed by atoms with Crippen LogP contribution in [0.3, 0.4) is 0 Å². The molecule has 152 valence electrons. The monoisotopic (exact) mass is 426 g/mol. The SMILES string of the molecule is CCC(COC(=O)CCS)(COC(=O)CCSC)COC(=O)CCSC. The third kappa shape index (κ3) is 12.0. The van der Waals surface area contributed by atoms with Crippen LogP contribution in [-0.2, 0) is 28.6 Å². The molecule has 0 aliphatic carbocycles. The lowest BCUT2D eigenvalue weighted by Crippen LogP contribution is -2.39. The minimum absolute atomic E-state index is 0.0295. The molecule has 0 aliphatic rings. The molecule has 0 saturated carbocycles. The van der Waals surface area contributed by atoms with Gasteiger partial charge < -0.3 is 14.2 Å². The molecule has 0 rings (SSSR count). The van der Waals surface area contributed by atoms with Crippen LogP contribution in [0.25, 0.3) is 0 Å². The van der Waals surface area contributed by atoms with Gasteiger partial charge in [-0.1, -0.05) is 6.92 Å². The van der Waals surface area contributed by atoms with E-state index in [1.807, 2.05) is 19.4 Å². The zero-order valence-electron chi connectivity index (χ0n) is 15.8. The zero-order valence-corrected chi connectivity index (χ0v) is 18.3. The normalized spacial score (nSPS) is 11.1. The van der Waals surface area contributed by atoms with Gasteiger partial charge in [0.1, 0.15) is 19.8 Å². The first-order valence-electron chi connectivity index (χ1n) is 8.48. The van der Waals surface area contributed by atoms with Crippen LogP contribution in [0, 0.1) is 5.41 Å². The molecular formula is C17H30O6S3. The van der Waals surface area contributed by atoms with Gasteiger partial charge in [-0.05, 0) is 18.9 Å². The summed E-state index contributed by atoms with van der Waals surface area (Å²) < 4.78 is 16.0. The van der Waals surface area contributed by atoms with Gasteiger partial charge >= 0.3 is 17.9 Å². The van der Waals surface area contributed by atoms with Gasteiger partial charge in [-0.3, -0.25) is 14.4 Å². The highest BCUT2D eigenvalue weighted by atomic mass is 32.2. The molecule has 0 fully saturated rings. The molecule has 0 amide bonds. The predicted octanol–water partition coefficient (Wildman–Crippen LogP) is 2.84. The number of carbonyl (C=O) groups excluding carboxylic acids is 3. The quantitative estimate of drug-likeness (QED) is 0.243. The van der Waals surface area contributed by atoms with Crippen LogP contribution < -0.4 is 0 Å². The number of ether oxygens (including phenoxy) is 3. The summed E-state index contributed by atoms with van der Waals surface area (Å²) in [6, 6.07) is 0. The van der Waals surface area contributed by atoms with Crippen LogP contribution >= 0.6 is 36.2 Å². The molecular weight excluding hydrogens is 396 g/mol. The fourth-order valence-corrected chi connectivity index (χ4v) is 2.73. The minimum Gasteiger partial charge on any atom is -0.465 e. The Hall–Kier alpha value is -0.540. The maximum atomic E-state index is 11.8. The first kappa shape index (κ1) is 25.5. The molecule has 9 heteroatoms. The fourth-order valence-electron chi connectivity index (χ4n) is 1.81. The highest BCUT2D eigenvalue weighted by Crippen LogP contribution is 2.25. The second kappa shape index (κ2) is 15.5. The average Bonchev–Trinajstić information content (AvgIpc) is 2.64. The van der Waals surface area contributed by atoms with Crippen molar-refractivity contribution in [1.29, 1.82) is 0 Å². The lowest BCUT2D eigenvalue weighted by Gasteiger charge is -2.31. The first-order chi connectivity index (χ1) is 12.4. The summed E-state index contributed by atoms with van der Waals surface area (Å²) in [5.74, 6) is 0.753. The van der Waals surface area contributed by atoms with E-state index in [1.54, 1.807) is 23.5 Å². The average molecular weight is 427 g/mol. The Balaban J connectivity index is 4.81. The van der Waals surface area contributed by atoms with Crippen LogP contribution in [0.5, 0.6) is 0 Å². The lowest BCUT2D eigenvalue weighted by atomic mass is 9.88. The van der Waals surface area contributed by atoms with E-state index in [-0.39, 0.29) is 44.1 Å². The Bertz CT molecular complexity index is 407. The number of hydrogen-bond acceptors (Lipinski definition) is 9. The topological polar surface area (TPSA) is 78.9 Å². The van der Waals surface area contributed by atoms with Crippen LogP contribution in [0.1, 0.15) is 32.6 Å². The molecule has 0 aliphatic heterocycles. The fraction of sp³-hybridized carbons (Fsp3) is 0.824. The van der Waals surface area contributed by atoms with Crippen molar-refractivity contribution >= 4 is 54.1 Å². The van der Waals surface area contributed by atoms with Crippen LogP contribution in [0.4, 0.5) is 0 Å². The maximum absolute atomic E-state index is 11.8. The van der Waals surface area contributed by atoms with Gasteiger partial charge in [0.05, 0.1) is 24.7 Å². The number of hydrogen-bond donors (Lipinski definition) is 1. The van der Waals surface area contributed by atoms with Gasteiger partial charge in [-0.25, -0.2) is 0 Å². The van der Waals surface area contributed by atoms with Crippen molar-refractivity contribution in [1.82, 2.24) is 0 Å². The van der Waals surface area contributed by atoms with Gasteiger partial charge in [-0.15, -0.1) is 0 Å². The molecule has 0 N–H and O–H groups in total. The van der Waals surface area contributed by atoms with Crippen LogP contribution in [-0.4, -0.2) is 67.5 Å². The summed E-state index contributed by atoms with van der Waals surface area (Å²) in [6.45, 7) is 2.00. The summed E-state index contributed by atoms with van der Waals surface area (Å²) >= 11 is 7.13. The molecule has 0 bridgehead atoms. The highest BCUT2D eigenvalue weighted by Gasteiger charge is 2.34. The molecule has 0 radical (unpaired) electrons. The summed E-state index contributed by atoms with van der Waals surface area (Å²) in [4.78, 5) is 35.3. The predicted molar refractivity (Wildman–Crippen MR) is 110 cm³/mol. The molecule has 0 saturated heterocycles. The Labute approximate surface area is 170 Å². The molecule has 0 spiro atoms.